The van der Waals surface area contributed by atoms with E-state index in [1.54, 1.807) is 0 Å². The van der Waals surface area contributed by atoms with Gasteiger partial charge in [-0.1, -0.05) is 41.9 Å². The number of benzene rings is 1. The van der Waals surface area contributed by atoms with Gasteiger partial charge >= 0.3 is 0 Å². The van der Waals surface area contributed by atoms with Gasteiger partial charge in [-0.3, -0.25) is 4.90 Å². The maximum Gasteiger partial charge on any atom is 0.0234 e. The fourth-order valence-corrected chi connectivity index (χ4v) is 3.09. The van der Waals surface area contributed by atoms with Crippen LogP contribution in [0.5, 0.6) is 0 Å². The van der Waals surface area contributed by atoms with Crippen molar-refractivity contribution in [3.05, 3.63) is 34.3 Å². The minimum absolute atomic E-state index is 0.611. The van der Waals surface area contributed by atoms with Gasteiger partial charge in [0.15, 0.2) is 0 Å². The molecule has 1 N–H and O–H groups in total. The highest BCUT2D eigenvalue weighted by Crippen LogP contribution is 2.20. The summed E-state index contributed by atoms with van der Waals surface area (Å²) in [5.41, 5.74) is 1.41. The highest BCUT2D eigenvalue weighted by Gasteiger charge is 2.19. The molecule has 19 heavy (non-hydrogen) atoms. The van der Waals surface area contributed by atoms with Crippen LogP contribution >= 0.6 is 15.9 Å². The minimum Gasteiger partial charge on any atom is -0.314 e. The molecule has 1 aromatic rings. The summed E-state index contributed by atoms with van der Waals surface area (Å²) in [5.74, 6) is 0.862. The molecule has 0 bridgehead atoms. The van der Waals surface area contributed by atoms with Crippen molar-refractivity contribution in [2.75, 3.05) is 19.6 Å². The molecule has 0 radical (unpaired) electrons. The third-order valence-electron chi connectivity index (χ3n) is 3.82. The Bertz CT molecular complexity index is 384. The van der Waals surface area contributed by atoms with E-state index >= 15 is 0 Å². The van der Waals surface area contributed by atoms with Crippen molar-refractivity contribution in [2.24, 2.45) is 5.92 Å². The van der Waals surface area contributed by atoms with Crippen molar-refractivity contribution in [2.45, 2.75) is 39.3 Å². The zero-order valence-corrected chi connectivity index (χ0v) is 13.6. The molecule has 2 nitrogen and oxygen atoms in total. The smallest absolute Gasteiger partial charge is 0.0234 e. The zero-order valence-electron chi connectivity index (χ0n) is 12.0. The molecule has 0 atom stereocenters. The Hall–Kier alpha value is -0.380. The van der Waals surface area contributed by atoms with Gasteiger partial charge in [0.25, 0.3) is 0 Å². The third kappa shape index (κ3) is 5.25. The van der Waals surface area contributed by atoms with E-state index in [0.29, 0.717) is 6.04 Å². The summed E-state index contributed by atoms with van der Waals surface area (Å²) >= 11 is 3.54. The molecule has 1 aromatic carbocycles. The lowest BCUT2D eigenvalue weighted by Crippen LogP contribution is -2.38. The lowest BCUT2D eigenvalue weighted by atomic mass is 9.96. The molecule has 2 rings (SSSR count). The quantitative estimate of drug-likeness (QED) is 0.889. The highest BCUT2D eigenvalue weighted by atomic mass is 79.9. The molecule has 0 spiro atoms. The van der Waals surface area contributed by atoms with Crippen LogP contribution in [-0.2, 0) is 6.54 Å². The maximum absolute atomic E-state index is 3.56. The van der Waals surface area contributed by atoms with Gasteiger partial charge in [-0.25, -0.2) is 0 Å². The van der Waals surface area contributed by atoms with Crippen LogP contribution in [0.2, 0.25) is 0 Å². The molecule has 0 aliphatic carbocycles. The van der Waals surface area contributed by atoms with Gasteiger partial charge in [-0.15, -0.1) is 0 Å². The zero-order chi connectivity index (χ0) is 13.7. The van der Waals surface area contributed by atoms with E-state index in [1.807, 2.05) is 0 Å². The fourth-order valence-electron chi connectivity index (χ4n) is 2.64. The summed E-state index contributed by atoms with van der Waals surface area (Å²) in [6, 6.07) is 9.27. The third-order valence-corrected chi connectivity index (χ3v) is 4.31. The predicted molar refractivity (Wildman–Crippen MR) is 85.3 cm³/mol. The van der Waals surface area contributed by atoms with Gasteiger partial charge in [0.2, 0.25) is 0 Å². The van der Waals surface area contributed by atoms with Crippen molar-refractivity contribution in [1.82, 2.24) is 10.2 Å². The van der Waals surface area contributed by atoms with Gasteiger partial charge < -0.3 is 5.32 Å². The van der Waals surface area contributed by atoms with E-state index in [2.05, 4.69) is 64.3 Å². The second-order valence-electron chi connectivity index (χ2n) is 5.91. The van der Waals surface area contributed by atoms with Crippen LogP contribution < -0.4 is 5.32 Å². The molecule has 1 aliphatic heterocycles. The number of nitrogens with zero attached hydrogens (tertiary/aromatic N) is 1. The van der Waals surface area contributed by atoms with Crippen molar-refractivity contribution in [3.63, 3.8) is 0 Å². The Morgan fingerprint density at radius 3 is 2.68 bits per heavy atom. The van der Waals surface area contributed by atoms with Crippen molar-refractivity contribution in [3.8, 4) is 0 Å². The average Bonchev–Trinajstić information content (AvgIpc) is 2.38. The molecule has 0 unspecified atom stereocenters. The standard InChI is InChI=1S/C16H25BrN2/c1-13(2)18-11-14-6-8-19(9-7-14)12-15-4-3-5-16(17)10-15/h3-5,10,13-14,18H,6-9,11-12H2,1-2H3. The van der Waals surface area contributed by atoms with Crippen LogP contribution in [0.15, 0.2) is 28.7 Å². The maximum atomic E-state index is 3.56. The normalized spacial score (nSPS) is 18.1. The van der Waals surface area contributed by atoms with Crippen LogP contribution in [0.1, 0.15) is 32.3 Å². The van der Waals surface area contributed by atoms with E-state index in [1.165, 1.54) is 42.5 Å². The Balaban J connectivity index is 1.74. The van der Waals surface area contributed by atoms with E-state index in [4.69, 9.17) is 0 Å². The second kappa shape index (κ2) is 7.41. The molecule has 0 amide bonds. The summed E-state index contributed by atoms with van der Waals surface area (Å²) < 4.78 is 1.18. The molecule has 1 saturated heterocycles. The number of hydrogen-bond acceptors (Lipinski definition) is 2. The fraction of sp³-hybridized carbons (Fsp3) is 0.625. The summed E-state index contributed by atoms with van der Waals surface area (Å²) in [6.07, 6.45) is 2.65. The van der Waals surface area contributed by atoms with Crippen molar-refractivity contribution in [1.29, 1.82) is 0 Å². The first-order chi connectivity index (χ1) is 9.13. The lowest BCUT2D eigenvalue weighted by molar-refractivity contribution is 0.174. The molecule has 1 fully saturated rings. The largest absolute Gasteiger partial charge is 0.314 e. The van der Waals surface area contributed by atoms with E-state index < -0.39 is 0 Å². The second-order valence-corrected chi connectivity index (χ2v) is 6.83. The lowest BCUT2D eigenvalue weighted by Gasteiger charge is -2.32. The molecule has 106 valence electrons. The Kier molecular flexibility index (Phi) is 5.86. The molecule has 0 saturated carbocycles. The Morgan fingerprint density at radius 1 is 1.32 bits per heavy atom. The number of piperidine rings is 1. The van der Waals surface area contributed by atoms with Gasteiger partial charge in [0.05, 0.1) is 0 Å². The molecule has 3 heteroatoms. The number of rotatable bonds is 5. The number of likely N-dealkylation sites (tertiary alicyclic amines) is 1. The molecular weight excluding hydrogens is 300 g/mol. The molecule has 0 aromatic heterocycles. The van der Waals surface area contributed by atoms with Gasteiger partial charge in [0.1, 0.15) is 0 Å². The van der Waals surface area contributed by atoms with Gasteiger partial charge in [-0.2, -0.15) is 0 Å². The summed E-state index contributed by atoms with van der Waals surface area (Å²) in [5, 5.41) is 3.56. The topological polar surface area (TPSA) is 15.3 Å². The van der Waals surface area contributed by atoms with Crippen LogP contribution in [0, 0.1) is 5.92 Å². The Labute approximate surface area is 125 Å². The van der Waals surface area contributed by atoms with Crippen molar-refractivity contribution >= 4 is 15.9 Å². The highest BCUT2D eigenvalue weighted by molar-refractivity contribution is 9.10. The van der Waals surface area contributed by atoms with Gasteiger partial charge in [0, 0.05) is 17.1 Å². The predicted octanol–water partition coefficient (Wildman–Crippen LogP) is 3.66. The van der Waals surface area contributed by atoms with E-state index in [-0.39, 0.29) is 0 Å². The average molecular weight is 325 g/mol. The first kappa shape index (κ1) is 15.0. The number of nitrogens with one attached hydrogen (secondary N) is 1. The monoisotopic (exact) mass is 324 g/mol. The van der Waals surface area contributed by atoms with E-state index in [0.717, 1.165) is 12.5 Å². The minimum atomic E-state index is 0.611. The molecule has 1 heterocycles. The van der Waals surface area contributed by atoms with Crippen molar-refractivity contribution < 1.29 is 0 Å². The SMILES string of the molecule is CC(C)NCC1CCN(Cc2cccc(Br)c2)CC1. The number of halogens is 1. The van der Waals surface area contributed by atoms with E-state index in [9.17, 15) is 0 Å². The summed E-state index contributed by atoms with van der Waals surface area (Å²) in [6.45, 7) is 9.19. The Morgan fingerprint density at radius 2 is 2.05 bits per heavy atom. The van der Waals surface area contributed by atoms with Crippen LogP contribution in [0.25, 0.3) is 0 Å². The van der Waals surface area contributed by atoms with Gasteiger partial charge in [-0.05, 0) is 56.1 Å². The summed E-state index contributed by atoms with van der Waals surface area (Å²) in [7, 11) is 0. The summed E-state index contributed by atoms with van der Waals surface area (Å²) in [4.78, 5) is 2.58. The first-order valence-electron chi connectivity index (χ1n) is 7.33. The number of hydrogen-bond donors (Lipinski definition) is 1. The molecular formula is C16H25BrN2. The van der Waals surface area contributed by atoms with Crippen LogP contribution in [0.4, 0.5) is 0 Å². The van der Waals surface area contributed by atoms with Crippen LogP contribution in [-0.4, -0.2) is 30.6 Å². The van der Waals surface area contributed by atoms with Crippen LogP contribution in [0.3, 0.4) is 0 Å². The first-order valence-corrected chi connectivity index (χ1v) is 8.13. The molecule has 1 aliphatic rings.